The Bertz CT molecular complexity index is 1190. The van der Waals surface area contributed by atoms with Gasteiger partial charge in [-0.1, -0.05) is 30.8 Å². The van der Waals surface area contributed by atoms with Crippen molar-refractivity contribution < 1.29 is 18.0 Å². The topological polar surface area (TPSA) is 75.9 Å². The zero-order valence-corrected chi connectivity index (χ0v) is 18.8. The standard InChI is InChI=1S/C23H25F3N6O.CH4/c1-13-21-20(31(4)15(3)22(33)28-21)11-16(27-13)9-10-17-12-32(30-29-17)14(2)18-7-5-6-8-19(18)23(24,25)26;/h5-8,11-12,14-15H,9-10H2,1-4H3,(H,28,33);1H4/t14?,15-;/m0./s1. The summed E-state index contributed by atoms with van der Waals surface area (Å²) < 4.78 is 41.6. The lowest BCUT2D eigenvalue weighted by Crippen LogP contribution is -2.44. The van der Waals surface area contributed by atoms with E-state index in [9.17, 15) is 18.0 Å². The molecule has 2 aromatic heterocycles. The summed E-state index contributed by atoms with van der Waals surface area (Å²) in [5.41, 5.74) is 3.33. The number of nitrogens with one attached hydrogen (secondary N) is 1. The van der Waals surface area contributed by atoms with Crippen LogP contribution in [0.3, 0.4) is 0 Å². The second kappa shape index (κ2) is 9.44. The lowest BCUT2D eigenvalue weighted by Gasteiger charge is -2.34. The number of aromatic nitrogens is 4. The number of likely N-dealkylation sites (N-methyl/N-ethyl adjacent to an activating group) is 1. The monoisotopic (exact) mass is 474 g/mol. The predicted molar refractivity (Wildman–Crippen MR) is 125 cm³/mol. The highest BCUT2D eigenvalue weighted by Gasteiger charge is 2.34. The molecule has 1 aromatic carbocycles. The summed E-state index contributed by atoms with van der Waals surface area (Å²) in [6.07, 6.45) is -1.65. The number of hydrogen-bond acceptors (Lipinski definition) is 5. The lowest BCUT2D eigenvalue weighted by atomic mass is 10.0. The SMILES string of the molecule is C.Cc1nc(CCc2cn(C(C)c3ccccc3C(F)(F)F)nn2)cc2c1NC(=O)[C@H](C)N2C. The van der Waals surface area contributed by atoms with Crippen LogP contribution in [-0.4, -0.2) is 39.0 Å². The number of pyridine rings is 1. The first-order valence-electron chi connectivity index (χ1n) is 10.7. The molecule has 0 bridgehead atoms. The van der Waals surface area contributed by atoms with Crippen molar-refractivity contribution in [1.82, 2.24) is 20.0 Å². The molecule has 1 amide bonds. The third-order valence-electron chi connectivity index (χ3n) is 6.13. The molecule has 0 spiro atoms. The second-order valence-corrected chi connectivity index (χ2v) is 8.32. The Kier molecular flexibility index (Phi) is 6.99. The van der Waals surface area contributed by atoms with E-state index in [-0.39, 0.29) is 24.9 Å². The number of benzene rings is 1. The van der Waals surface area contributed by atoms with Gasteiger partial charge in [-0.2, -0.15) is 13.2 Å². The van der Waals surface area contributed by atoms with Gasteiger partial charge in [-0.25, -0.2) is 4.68 Å². The normalized spacial score (nSPS) is 16.5. The number of rotatable bonds is 5. The predicted octanol–water partition coefficient (Wildman–Crippen LogP) is 4.81. The maximum absolute atomic E-state index is 13.4. The van der Waals surface area contributed by atoms with E-state index in [4.69, 9.17) is 0 Å². The fourth-order valence-corrected chi connectivity index (χ4v) is 4.03. The van der Waals surface area contributed by atoms with Crippen molar-refractivity contribution in [3.05, 3.63) is 64.7 Å². The number of aryl methyl sites for hydroxylation is 3. The molecule has 2 atom stereocenters. The average Bonchev–Trinajstić information content (AvgIpc) is 3.25. The van der Waals surface area contributed by atoms with Gasteiger partial charge in [-0.05, 0) is 51.3 Å². The molecule has 0 radical (unpaired) electrons. The first-order chi connectivity index (χ1) is 15.6. The van der Waals surface area contributed by atoms with Crippen molar-refractivity contribution in [2.75, 3.05) is 17.3 Å². The second-order valence-electron chi connectivity index (χ2n) is 8.32. The van der Waals surface area contributed by atoms with Crippen LogP contribution in [0.4, 0.5) is 24.5 Å². The molecule has 7 nitrogen and oxygen atoms in total. The molecule has 34 heavy (non-hydrogen) atoms. The molecular formula is C24H29F3N6O. The van der Waals surface area contributed by atoms with Crippen molar-refractivity contribution in [3.8, 4) is 0 Å². The van der Waals surface area contributed by atoms with Crippen LogP contribution >= 0.6 is 0 Å². The molecule has 1 aliphatic heterocycles. The minimum Gasteiger partial charge on any atom is -0.361 e. The molecule has 3 heterocycles. The van der Waals surface area contributed by atoms with Gasteiger partial charge in [0.2, 0.25) is 5.91 Å². The largest absolute Gasteiger partial charge is 0.416 e. The Morgan fingerprint density at radius 2 is 1.85 bits per heavy atom. The number of fused-ring (bicyclic) bond motifs is 1. The summed E-state index contributed by atoms with van der Waals surface area (Å²) in [6, 6.07) is 6.55. The molecular weight excluding hydrogens is 445 g/mol. The minimum absolute atomic E-state index is 0. The summed E-state index contributed by atoms with van der Waals surface area (Å²) in [4.78, 5) is 18.6. The van der Waals surface area contributed by atoms with Crippen LogP contribution in [0.2, 0.25) is 0 Å². The Balaban J connectivity index is 0.00000324. The summed E-state index contributed by atoms with van der Waals surface area (Å²) in [5.74, 6) is -0.0690. The fraction of sp³-hybridized carbons (Fsp3) is 0.417. The molecule has 0 saturated heterocycles. The summed E-state index contributed by atoms with van der Waals surface area (Å²) in [5, 5.41) is 11.1. The van der Waals surface area contributed by atoms with Crippen LogP contribution in [0.15, 0.2) is 36.5 Å². The highest BCUT2D eigenvalue weighted by molar-refractivity contribution is 6.03. The Labute approximate surface area is 197 Å². The van der Waals surface area contributed by atoms with Gasteiger partial charge in [-0.3, -0.25) is 9.78 Å². The highest BCUT2D eigenvalue weighted by atomic mass is 19.4. The highest BCUT2D eigenvalue weighted by Crippen LogP contribution is 2.36. The first kappa shape index (κ1) is 25.2. The van der Waals surface area contributed by atoms with E-state index in [0.717, 1.165) is 23.1 Å². The number of carbonyl (C=O) groups is 1. The number of alkyl halides is 3. The van der Waals surface area contributed by atoms with Crippen LogP contribution in [0.5, 0.6) is 0 Å². The van der Waals surface area contributed by atoms with Gasteiger partial charge in [0.1, 0.15) is 6.04 Å². The number of carbonyl (C=O) groups excluding carboxylic acids is 1. The van der Waals surface area contributed by atoms with Gasteiger partial charge >= 0.3 is 6.18 Å². The molecule has 0 fully saturated rings. The molecule has 10 heteroatoms. The van der Waals surface area contributed by atoms with E-state index in [1.54, 1.807) is 19.2 Å². The maximum Gasteiger partial charge on any atom is 0.416 e. The molecule has 0 aliphatic carbocycles. The molecule has 1 aliphatic rings. The number of anilines is 2. The zero-order valence-electron chi connectivity index (χ0n) is 18.8. The molecule has 1 unspecified atom stereocenters. The first-order valence-corrected chi connectivity index (χ1v) is 10.7. The van der Waals surface area contributed by atoms with Gasteiger partial charge < -0.3 is 10.2 Å². The third-order valence-corrected chi connectivity index (χ3v) is 6.13. The molecule has 182 valence electrons. The van der Waals surface area contributed by atoms with E-state index in [2.05, 4.69) is 20.6 Å². The van der Waals surface area contributed by atoms with Crippen molar-refractivity contribution in [1.29, 1.82) is 0 Å². The number of hydrogen-bond donors (Lipinski definition) is 1. The summed E-state index contributed by atoms with van der Waals surface area (Å²) in [6.45, 7) is 5.36. The van der Waals surface area contributed by atoms with E-state index < -0.39 is 17.8 Å². The number of halogens is 3. The van der Waals surface area contributed by atoms with Gasteiger partial charge in [0.25, 0.3) is 0 Å². The van der Waals surface area contributed by atoms with E-state index in [0.29, 0.717) is 24.2 Å². The fourth-order valence-electron chi connectivity index (χ4n) is 4.03. The number of amides is 1. The van der Waals surface area contributed by atoms with Gasteiger partial charge in [0.15, 0.2) is 0 Å². The molecule has 0 saturated carbocycles. The number of nitrogens with zero attached hydrogens (tertiary/aromatic N) is 5. The van der Waals surface area contributed by atoms with Crippen LogP contribution in [0, 0.1) is 6.92 Å². The quantitative estimate of drug-likeness (QED) is 0.575. The van der Waals surface area contributed by atoms with E-state index in [1.165, 1.54) is 16.8 Å². The molecule has 1 N–H and O–H groups in total. The van der Waals surface area contributed by atoms with Crippen LogP contribution in [0.25, 0.3) is 0 Å². The molecule has 3 aromatic rings. The summed E-state index contributed by atoms with van der Waals surface area (Å²) in [7, 11) is 1.87. The van der Waals surface area contributed by atoms with Crippen LogP contribution < -0.4 is 10.2 Å². The van der Waals surface area contributed by atoms with Crippen molar-refractivity contribution in [2.45, 2.75) is 59.3 Å². The van der Waals surface area contributed by atoms with E-state index in [1.807, 2.05) is 31.9 Å². The van der Waals surface area contributed by atoms with Gasteiger partial charge in [-0.15, -0.1) is 5.10 Å². The molecule has 4 rings (SSSR count). The Morgan fingerprint density at radius 1 is 1.18 bits per heavy atom. The van der Waals surface area contributed by atoms with Gasteiger partial charge in [0.05, 0.1) is 34.4 Å². The average molecular weight is 475 g/mol. The van der Waals surface area contributed by atoms with Crippen LogP contribution in [0.1, 0.15) is 55.5 Å². The van der Waals surface area contributed by atoms with Crippen molar-refractivity contribution in [3.63, 3.8) is 0 Å². The maximum atomic E-state index is 13.4. The zero-order chi connectivity index (χ0) is 23.9. The van der Waals surface area contributed by atoms with E-state index >= 15 is 0 Å². The van der Waals surface area contributed by atoms with Crippen molar-refractivity contribution in [2.24, 2.45) is 0 Å². The lowest BCUT2D eigenvalue weighted by molar-refractivity contribution is -0.138. The Morgan fingerprint density at radius 3 is 2.56 bits per heavy atom. The summed E-state index contributed by atoms with van der Waals surface area (Å²) >= 11 is 0. The smallest absolute Gasteiger partial charge is 0.361 e. The minimum atomic E-state index is -4.44. The third kappa shape index (κ3) is 4.76. The van der Waals surface area contributed by atoms with Crippen molar-refractivity contribution >= 4 is 17.3 Å². The Hall–Kier alpha value is -3.43. The van der Waals surface area contributed by atoms with Gasteiger partial charge in [0, 0.05) is 18.9 Å². The van der Waals surface area contributed by atoms with Crippen LogP contribution in [-0.2, 0) is 23.8 Å².